The summed E-state index contributed by atoms with van der Waals surface area (Å²) in [4.78, 5) is 1.53. The highest BCUT2D eigenvalue weighted by atomic mass is 32.2. The van der Waals surface area contributed by atoms with Crippen molar-refractivity contribution in [2.24, 2.45) is 5.92 Å². The summed E-state index contributed by atoms with van der Waals surface area (Å²) in [6.07, 6.45) is 5.94. The van der Waals surface area contributed by atoms with Crippen LogP contribution in [-0.2, 0) is 0 Å². The normalized spacial score (nSPS) is 24.1. The van der Waals surface area contributed by atoms with Crippen LogP contribution in [0.2, 0.25) is 0 Å². The Bertz CT molecular complexity index is 369. The van der Waals surface area contributed by atoms with Gasteiger partial charge in [-0.15, -0.1) is 11.8 Å². The van der Waals surface area contributed by atoms with Crippen molar-refractivity contribution in [3.63, 3.8) is 0 Å². The Morgan fingerprint density at radius 3 is 2.82 bits per heavy atom. The second-order valence-electron chi connectivity index (χ2n) is 5.23. The third kappa shape index (κ3) is 2.85. The standard InChI is InChI=1S/C15H20S2/c1-2-6-12(5-1)9-16-10-13-11-17-15-8-4-3-7-14(13)15/h3-4,7-8,12-13H,1-2,5-6,9-11H2. The first-order valence-corrected chi connectivity index (χ1v) is 8.87. The number of hydrogen-bond acceptors (Lipinski definition) is 2. The zero-order valence-corrected chi connectivity index (χ0v) is 11.9. The van der Waals surface area contributed by atoms with Crippen LogP contribution in [-0.4, -0.2) is 17.3 Å². The Morgan fingerprint density at radius 1 is 1.12 bits per heavy atom. The molecular weight excluding hydrogens is 244 g/mol. The van der Waals surface area contributed by atoms with E-state index >= 15 is 0 Å². The Morgan fingerprint density at radius 2 is 1.94 bits per heavy atom. The summed E-state index contributed by atoms with van der Waals surface area (Å²) in [5.74, 6) is 5.88. The summed E-state index contributed by atoms with van der Waals surface area (Å²) in [5.41, 5.74) is 1.61. The largest absolute Gasteiger partial charge is 0.161 e. The average Bonchev–Trinajstić information content (AvgIpc) is 2.99. The maximum atomic E-state index is 2.33. The molecular formula is C15H20S2. The molecule has 1 heterocycles. The van der Waals surface area contributed by atoms with Crippen LogP contribution < -0.4 is 0 Å². The first-order chi connectivity index (χ1) is 8.43. The molecule has 1 fully saturated rings. The van der Waals surface area contributed by atoms with E-state index in [1.165, 1.54) is 47.8 Å². The third-order valence-corrected chi connectivity index (χ3v) is 6.54. The number of benzene rings is 1. The maximum Gasteiger partial charge on any atom is 0.0108 e. The molecule has 0 N–H and O–H groups in total. The van der Waals surface area contributed by atoms with Crippen molar-refractivity contribution in [1.82, 2.24) is 0 Å². The van der Waals surface area contributed by atoms with Gasteiger partial charge in [-0.25, -0.2) is 0 Å². The van der Waals surface area contributed by atoms with Crippen molar-refractivity contribution in [2.75, 3.05) is 17.3 Å². The van der Waals surface area contributed by atoms with Crippen LogP contribution in [0.5, 0.6) is 0 Å². The van der Waals surface area contributed by atoms with E-state index in [0.717, 1.165) is 11.8 Å². The van der Waals surface area contributed by atoms with E-state index in [4.69, 9.17) is 0 Å². The van der Waals surface area contributed by atoms with Gasteiger partial charge in [-0.05, 0) is 36.1 Å². The van der Waals surface area contributed by atoms with Gasteiger partial charge in [0, 0.05) is 22.3 Å². The monoisotopic (exact) mass is 264 g/mol. The fraction of sp³-hybridized carbons (Fsp3) is 0.600. The Kier molecular flexibility index (Phi) is 4.02. The molecule has 0 aromatic heterocycles. The summed E-state index contributed by atoms with van der Waals surface area (Å²) < 4.78 is 0. The number of hydrogen-bond donors (Lipinski definition) is 0. The minimum atomic E-state index is 0.808. The topological polar surface area (TPSA) is 0 Å². The highest BCUT2D eigenvalue weighted by molar-refractivity contribution is 8.00. The van der Waals surface area contributed by atoms with E-state index in [1.54, 1.807) is 5.56 Å². The van der Waals surface area contributed by atoms with E-state index in [1.807, 2.05) is 11.8 Å². The zero-order chi connectivity index (χ0) is 11.5. The van der Waals surface area contributed by atoms with Gasteiger partial charge in [0.05, 0.1) is 0 Å². The van der Waals surface area contributed by atoms with Gasteiger partial charge in [0.2, 0.25) is 0 Å². The molecule has 1 unspecified atom stereocenters. The quantitative estimate of drug-likeness (QED) is 0.766. The van der Waals surface area contributed by atoms with Crippen molar-refractivity contribution in [2.45, 2.75) is 36.5 Å². The second-order valence-corrected chi connectivity index (χ2v) is 7.37. The molecule has 0 radical (unpaired) electrons. The molecule has 2 heteroatoms. The molecule has 17 heavy (non-hydrogen) atoms. The summed E-state index contributed by atoms with van der Waals surface area (Å²) in [6.45, 7) is 0. The summed E-state index contributed by atoms with van der Waals surface area (Å²) in [7, 11) is 0. The zero-order valence-electron chi connectivity index (χ0n) is 10.2. The maximum absolute atomic E-state index is 2.33. The van der Waals surface area contributed by atoms with Gasteiger partial charge in [0.15, 0.2) is 0 Å². The second kappa shape index (κ2) is 5.71. The van der Waals surface area contributed by atoms with E-state index in [2.05, 4.69) is 36.0 Å². The van der Waals surface area contributed by atoms with Crippen LogP contribution in [0.4, 0.5) is 0 Å². The molecule has 3 rings (SSSR count). The van der Waals surface area contributed by atoms with Gasteiger partial charge in [0.25, 0.3) is 0 Å². The molecule has 1 aromatic carbocycles. The summed E-state index contributed by atoms with van der Waals surface area (Å²) in [6, 6.07) is 8.97. The molecule has 0 nitrogen and oxygen atoms in total. The molecule has 0 bridgehead atoms. The highest BCUT2D eigenvalue weighted by Crippen LogP contribution is 2.41. The molecule has 0 saturated heterocycles. The number of thioether (sulfide) groups is 2. The molecule has 1 saturated carbocycles. The van der Waals surface area contributed by atoms with Crippen molar-refractivity contribution in [3.05, 3.63) is 29.8 Å². The smallest absolute Gasteiger partial charge is 0.0108 e. The fourth-order valence-electron chi connectivity index (χ4n) is 2.92. The lowest BCUT2D eigenvalue weighted by molar-refractivity contribution is 0.622. The van der Waals surface area contributed by atoms with Gasteiger partial charge in [-0.2, -0.15) is 11.8 Å². The predicted molar refractivity (Wildman–Crippen MR) is 79.2 cm³/mol. The number of fused-ring (bicyclic) bond motifs is 1. The molecule has 1 atom stereocenters. The lowest BCUT2D eigenvalue weighted by atomic mass is 10.0. The highest BCUT2D eigenvalue weighted by Gasteiger charge is 2.23. The average molecular weight is 264 g/mol. The van der Waals surface area contributed by atoms with E-state index in [9.17, 15) is 0 Å². The van der Waals surface area contributed by atoms with Crippen LogP contribution in [0.15, 0.2) is 29.2 Å². The predicted octanol–water partition coefficient (Wildman–Crippen LogP) is 4.80. The minimum Gasteiger partial charge on any atom is -0.161 e. The summed E-state index contributed by atoms with van der Waals surface area (Å²) in [5, 5.41) is 0. The van der Waals surface area contributed by atoms with Crippen molar-refractivity contribution < 1.29 is 0 Å². The summed E-state index contributed by atoms with van der Waals surface area (Å²) >= 11 is 4.24. The van der Waals surface area contributed by atoms with E-state index in [-0.39, 0.29) is 0 Å². The van der Waals surface area contributed by atoms with Crippen molar-refractivity contribution >= 4 is 23.5 Å². The van der Waals surface area contributed by atoms with Gasteiger partial charge < -0.3 is 0 Å². The van der Waals surface area contributed by atoms with Gasteiger partial charge >= 0.3 is 0 Å². The molecule has 1 aliphatic heterocycles. The SMILES string of the molecule is c1ccc2c(c1)SCC2CSCC1CCCC1. The van der Waals surface area contributed by atoms with Crippen LogP contribution >= 0.6 is 23.5 Å². The lowest BCUT2D eigenvalue weighted by Gasteiger charge is -2.12. The molecule has 1 aromatic rings. The van der Waals surface area contributed by atoms with Gasteiger partial charge in [-0.3, -0.25) is 0 Å². The molecule has 0 spiro atoms. The van der Waals surface area contributed by atoms with Crippen molar-refractivity contribution in [1.29, 1.82) is 0 Å². The third-order valence-electron chi connectivity index (χ3n) is 3.95. The van der Waals surface area contributed by atoms with Crippen LogP contribution in [0, 0.1) is 5.92 Å². The van der Waals surface area contributed by atoms with Crippen LogP contribution in [0.25, 0.3) is 0 Å². The lowest BCUT2D eigenvalue weighted by Crippen LogP contribution is -2.04. The minimum absolute atomic E-state index is 0.808. The van der Waals surface area contributed by atoms with Crippen molar-refractivity contribution in [3.8, 4) is 0 Å². The van der Waals surface area contributed by atoms with Gasteiger partial charge in [0.1, 0.15) is 0 Å². The molecule has 0 amide bonds. The first kappa shape index (κ1) is 12.0. The molecule has 2 aliphatic rings. The van der Waals surface area contributed by atoms with Crippen LogP contribution in [0.3, 0.4) is 0 Å². The van der Waals surface area contributed by atoms with E-state index < -0.39 is 0 Å². The molecule has 92 valence electrons. The van der Waals surface area contributed by atoms with Gasteiger partial charge in [-0.1, -0.05) is 31.0 Å². The Balaban J connectivity index is 1.50. The van der Waals surface area contributed by atoms with E-state index in [0.29, 0.717) is 0 Å². The fourth-order valence-corrected chi connectivity index (χ4v) is 5.71. The van der Waals surface area contributed by atoms with Crippen LogP contribution in [0.1, 0.15) is 37.2 Å². The first-order valence-electron chi connectivity index (χ1n) is 6.73. The Hall–Kier alpha value is -0.0800. The Labute approximate surface area is 113 Å². The number of rotatable bonds is 4. The molecule has 1 aliphatic carbocycles.